The van der Waals surface area contributed by atoms with Gasteiger partial charge in [-0.1, -0.05) is 12.1 Å². The van der Waals surface area contributed by atoms with Gasteiger partial charge in [-0.3, -0.25) is 14.0 Å². The summed E-state index contributed by atoms with van der Waals surface area (Å²) in [5.74, 6) is -0.123. The third-order valence-electron chi connectivity index (χ3n) is 4.12. The van der Waals surface area contributed by atoms with Crippen LogP contribution in [0.3, 0.4) is 0 Å². The average Bonchev–Trinajstić information content (AvgIpc) is 2.72. The van der Waals surface area contributed by atoms with Crippen LogP contribution in [0.5, 0.6) is 0 Å². The van der Waals surface area contributed by atoms with Crippen molar-refractivity contribution in [3.05, 3.63) is 58.5 Å². The molecular weight excluding hydrogens is 346 g/mol. The van der Waals surface area contributed by atoms with Crippen molar-refractivity contribution < 1.29 is 9.53 Å². The molecule has 1 amide bonds. The molecule has 0 radical (unpaired) electrons. The van der Waals surface area contributed by atoms with Crippen molar-refractivity contribution in [2.45, 2.75) is 0 Å². The Morgan fingerprint density at radius 3 is 2.89 bits per heavy atom. The SMILES string of the molecule is C=CCNC(=O)C(C#N)=Cc1c(N2CCOCC2)nc2ccccn2c1=O. The largest absolute Gasteiger partial charge is 0.378 e. The number of fused-ring (bicyclic) bond motifs is 1. The van der Waals surface area contributed by atoms with Crippen LogP contribution in [0, 0.1) is 11.3 Å². The second kappa shape index (κ2) is 8.29. The molecule has 0 saturated carbocycles. The Morgan fingerprint density at radius 1 is 1.41 bits per heavy atom. The standard InChI is InChI=1S/C19H19N5O3/c1-2-6-21-18(25)14(13-20)12-15-17(23-8-10-27-11-9-23)22-16-5-3-4-7-24(16)19(15)26/h2-5,7,12H,1,6,8-11H2,(H,21,25). The maximum atomic E-state index is 13.0. The molecule has 1 aliphatic rings. The lowest BCUT2D eigenvalue weighted by atomic mass is 10.1. The van der Waals surface area contributed by atoms with E-state index in [9.17, 15) is 14.9 Å². The van der Waals surface area contributed by atoms with Gasteiger partial charge in [0, 0.05) is 25.8 Å². The molecule has 8 nitrogen and oxygen atoms in total. The Bertz CT molecular complexity index is 997. The van der Waals surface area contributed by atoms with Crippen molar-refractivity contribution in [3.63, 3.8) is 0 Å². The van der Waals surface area contributed by atoms with E-state index in [1.807, 2.05) is 11.0 Å². The molecule has 8 heteroatoms. The molecule has 0 bridgehead atoms. The summed E-state index contributed by atoms with van der Waals surface area (Å²) < 4.78 is 6.76. The number of nitrogens with zero attached hydrogens (tertiary/aromatic N) is 4. The van der Waals surface area contributed by atoms with Gasteiger partial charge in [-0.15, -0.1) is 6.58 Å². The Kier molecular flexibility index (Phi) is 5.64. The molecule has 0 spiro atoms. The summed E-state index contributed by atoms with van der Waals surface area (Å²) >= 11 is 0. The van der Waals surface area contributed by atoms with E-state index in [2.05, 4.69) is 16.9 Å². The van der Waals surface area contributed by atoms with Crippen molar-refractivity contribution in [2.75, 3.05) is 37.7 Å². The Morgan fingerprint density at radius 2 is 2.19 bits per heavy atom. The topological polar surface area (TPSA) is 99.7 Å². The molecule has 1 N–H and O–H groups in total. The normalized spacial score (nSPS) is 14.6. The molecule has 0 aliphatic carbocycles. The molecule has 1 fully saturated rings. The summed E-state index contributed by atoms with van der Waals surface area (Å²) in [6.07, 6.45) is 4.42. The molecule has 3 heterocycles. The van der Waals surface area contributed by atoms with Gasteiger partial charge in [0.15, 0.2) is 0 Å². The average molecular weight is 365 g/mol. The Hall–Kier alpha value is -3.44. The van der Waals surface area contributed by atoms with Crippen LogP contribution in [0.1, 0.15) is 5.56 Å². The zero-order valence-corrected chi connectivity index (χ0v) is 14.7. The van der Waals surface area contributed by atoms with Gasteiger partial charge in [0.1, 0.15) is 23.1 Å². The molecule has 2 aromatic heterocycles. The lowest BCUT2D eigenvalue weighted by Crippen LogP contribution is -2.38. The van der Waals surface area contributed by atoms with Crippen molar-refractivity contribution >= 4 is 23.4 Å². The number of aromatic nitrogens is 2. The maximum Gasteiger partial charge on any atom is 0.267 e. The van der Waals surface area contributed by atoms with Gasteiger partial charge in [-0.25, -0.2) is 4.98 Å². The van der Waals surface area contributed by atoms with Crippen molar-refractivity contribution in [1.82, 2.24) is 14.7 Å². The van der Waals surface area contributed by atoms with E-state index in [1.165, 1.54) is 16.6 Å². The predicted molar refractivity (Wildman–Crippen MR) is 101 cm³/mol. The van der Waals surface area contributed by atoms with E-state index in [0.29, 0.717) is 37.8 Å². The predicted octanol–water partition coefficient (Wildman–Crippen LogP) is 0.740. The minimum Gasteiger partial charge on any atom is -0.378 e. The van der Waals surface area contributed by atoms with Gasteiger partial charge in [0.2, 0.25) is 0 Å². The van der Waals surface area contributed by atoms with Crippen LogP contribution < -0.4 is 15.8 Å². The first-order chi connectivity index (χ1) is 13.2. The number of carbonyl (C=O) groups is 1. The van der Waals surface area contributed by atoms with Crippen molar-refractivity contribution in [1.29, 1.82) is 5.26 Å². The zero-order valence-electron chi connectivity index (χ0n) is 14.7. The summed E-state index contributed by atoms with van der Waals surface area (Å²) in [6.45, 7) is 5.93. The van der Waals surface area contributed by atoms with Crippen LogP contribution in [0.15, 0.2) is 47.4 Å². The number of nitriles is 1. The Labute approximate surface area is 156 Å². The van der Waals surface area contributed by atoms with E-state index in [1.54, 1.807) is 24.4 Å². The van der Waals surface area contributed by atoms with Crippen LogP contribution in [0.25, 0.3) is 11.7 Å². The number of pyridine rings is 1. The summed E-state index contributed by atoms with van der Waals surface area (Å²) in [4.78, 5) is 31.8. The number of amides is 1. The van der Waals surface area contributed by atoms with E-state index in [4.69, 9.17) is 4.74 Å². The molecule has 0 aromatic carbocycles. The highest BCUT2D eigenvalue weighted by molar-refractivity contribution is 6.02. The van der Waals surface area contributed by atoms with Gasteiger partial charge in [0.05, 0.1) is 18.8 Å². The smallest absolute Gasteiger partial charge is 0.267 e. The van der Waals surface area contributed by atoms with Gasteiger partial charge in [-0.05, 0) is 18.2 Å². The highest BCUT2D eigenvalue weighted by atomic mass is 16.5. The van der Waals surface area contributed by atoms with Gasteiger partial charge >= 0.3 is 0 Å². The number of ether oxygens (including phenoxy) is 1. The molecule has 1 saturated heterocycles. The molecular formula is C19H19N5O3. The van der Waals surface area contributed by atoms with E-state index in [-0.39, 0.29) is 23.2 Å². The minimum atomic E-state index is -0.567. The molecule has 3 rings (SSSR count). The third kappa shape index (κ3) is 3.88. The summed E-state index contributed by atoms with van der Waals surface area (Å²) in [6, 6.07) is 7.11. The highest BCUT2D eigenvalue weighted by Crippen LogP contribution is 2.20. The number of nitrogens with one attached hydrogen (secondary N) is 1. The number of hydrogen-bond acceptors (Lipinski definition) is 6. The Balaban J connectivity index is 2.16. The number of carbonyl (C=O) groups excluding carboxylic acids is 1. The molecule has 1 aliphatic heterocycles. The van der Waals surface area contributed by atoms with Crippen LogP contribution in [-0.2, 0) is 9.53 Å². The number of rotatable bonds is 5. The van der Waals surface area contributed by atoms with Gasteiger partial charge in [-0.2, -0.15) is 5.26 Å². The number of morpholine rings is 1. The molecule has 2 aromatic rings. The van der Waals surface area contributed by atoms with E-state index >= 15 is 0 Å². The quantitative estimate of drug-likeness (QED) is 0.477. The first-order valence-electron chi connectivity index (χ1n) is 8.50. The van der Waals surface area contributed by atoms with Crippen molar-refractivity contribution in [3.8, 4) is 6.07 Å². The van der Waals surface area contributed by atoms with Crippen LogP contribution in [0.2, 0.25) is 0 Å². The third-order valence-corrected chi connectivity index (χ3v) is 4.12. The second-order valence-corrected chi connectivity index (χ2v) is 5.85. The monoisotopic (exact) mass is 365 g/mol. The maximum absolute atomic E-state index is 13.0. The second-order valence-electron chi connectivity index (χ2n) is 5.85. The molecule has 0 unspecified atom stereocenters. The fourth-order valence-electron chi connectivity index (χ4n) is 2.79. The summed E-state index contributed by atoms with van der Waals surface area (Å²) in [5.41, 5.74) is 0.189. The fraction of sp³-hybridized carbons (Fsp3) is 0.263. The first kappa shape index (κ1) is 18.4. The fourth-order valence-corrected chi connectivity index (χ4v) is 2.79. The number of anilines is 1. The van der Waals surface area contributed by atoms with Gasteiger partial charge < -0.3 is 15.0 Å². The molecule has 27 heavy (non-hydrogen) atoms. The van der Waals surface area contributed by atoms with Crippen LogP contribution in [-0.4, -0.2) is 48.1 Å². The highest BCUT2D eigenvalue weighted by Gasteiger charge is 2.21. The lowest BCUT2D eigenvalue weighted by molar-refractivity contribution is -0.116. The van der Waals surface area contributed by atoms with Crippen molar-refractivity contribution in [2.24, 2.45) is 0 Å². The first-order valence-corrected chi connectivity index (χ1v) is 8.50. The molecule has 138 valence electrons. The number of hydrogen-bond donors (Lipinski definition) is 1. The summed E-state index contributed by atoms with van der Waals surface area (Å²) in [7, 11) is 0. The van der Waals surface area contributed by atoms with E-state index < -0.39 is 5.91 Å². The summed E-state index contributed by atoms with van der Waals surface area (Å²) in [5, 5.41) is 11.9. The zero-order chi connectivity index (χ0) is 19.2. The minimum absolute atomic E-state index is 0.166. The van der Waals surface area contributed by atoms with Crippen LogP contribution in [0.4, 0.5) is 5.82 Å². The lowest BCUT2D eigenvalue weighted by Gasteiger charge is -2.29. The molecule has 0 atom stereocenters. The van der Waals surface area contributed by atoms with Crippen LogP contribution >= 0.6 is 0 Å². The van der Waals surface area contributed by atoms with E-state index in [0.717, 1.165) is 0 Å². The van der Waals surface area contributed by atoms with Gasteiger partial charge in [0.25, 0.3) is 11.5 Å².